The number of rotatable bonds is 5. The summed E-state index contributed by atoms with van der Waals surface area (Å²) in [5, 5.41) is 3.87. The van der Waals surface area contributed by atoms with Gasteiger partial charge in [0.05, 0.1) is 0 Å². The van der Waals surface area contributed by atoms with E-state index < -0.39 is 0 Å². The molecule has 0 aromatic rings. The minimum absolute atomic E-state index is 0.357. The van der Waals surface area contributed by atoms with Crippen molar-refractivity contribution in [2.75, 3.05) is 39.8 Å². The highest BCUT2D eigenvalue weighted by Crippen LogP contribution is 2.27. The van der Waals surface area contributed by atoms with Gasteiger partial charge in [-0.1, -0.05) is 27.7 Å². The molecule has 0 spiro atoms. The molecule has 0 saturated carbocycles. The third-order valence-corrected chi connectivity index (χ3v) is 5.77. The first kappa shape index (κ1) is 16.3. The summed E-state index contributed by atoms with van der Waals surface area (Å²) in [6.45, 7) is 15.7. The smallest absolute Gasteiger partial charge is 0.0304 e. The van der Waals surface area contributed by atoms with Crippen molar-refractivity contribution in [1.29, 1.82) is 0 Å². The van der Waals surface area contributed by atoms with Crippen LogP contribution < -0.4 is 5.32 Å². The maximum absolute atomic E-state index is 3.87. The first-order valence-electron chi connectivity index (χ1n) is 8.67. The third kappa shape index (κ3) is 3.55. The van der Waals surface area contributed by atoms with Crippen LogP contribution in [-0.4, -0.2) is 61.2 Å². The van der Waals surface area contributed by atoms with Crippen LogP contribution in [0, 0.1) is 11.8 Å². The molecule has 2 heterocycles. The summed E-state index contributed by atoms with van der Waals surface area (Å²) >= 11 is 0. The second-order valence-corrected chi connectivity index (χ2v) is 7.53. The summed E-state index contributed by atoms with van der Waals surface area (Å²) in [6, 6.07) is 0.715. The van der Waals surface area contributed by atoms with Crippen molar-refractivity contribution in [3.8, 4) is 0 Å². The van der Waals surface area contributed by atoms with Crippen LogP contribution >= 0.6 is 0 Å². The van der Waals surface area contributed by atoms with E-state index in [9.17, 15) is 0 Å². The van der Waals surface area contributed by atoms with E-state index in [0.717, 1.165) is 11.8 Å². The van der Waals surface area contributed by atoms with Crippen molar-refractivity contribution in [2.45, 2.75) is 58.5 Å². The molecular weight excluding hydrogens is 246 g/mol. The van der Waals surface area contributed by atoms with Crippen molar-refractivity contribution in [2.24, 2.45) is 11.8 Å². The standard InChI is InChI=1S/C17H35N3/c1-6-17(7-2)13-20(16(10-18-17)14(3)4)12-15-8-9-19(5)11-15/h14-16,18H,6-13H2,1-5H3. The molecule has 2 saturated heterocycles. The monoisotopic (exact) mass is 281 g/mol. The van der Waals surface area contributed by atoms with Crippen LogP contribution in [0.25, 0.3) is 0 Å². The minimum Gasteiger partial charge on any atom is -0.308 e. The maximum Gasteiger partial charge on any atom is 0.0304 e. The Hall–Kier alpha value is -0.120. The Morgan fingerprint density at radius 3 is 2.45 bits per heavy atom. The van der Waals surface area contributed by atoms with Crippen LogP contribution in [0.15, 0.2) is 0 Å². The van der Waals surface area contributed by atoms with Crippen molar-refractivity contribution in [3.63, 3.8) is 0 Å². The summed E-state index contributed by atoms with van der Waals surface area (Å²) in [6.07, 6.45) is 3.88. The molecule has 2 fully saturated rings. The number of piperazine rings is 1. The average molecular weight is 281 g/mol. The van der Waals surface area contributed by atoms with Gasteiger partial charge in [0.1, 0.15) is 0 Å². The van der Waals surface area contributed by atoms with Crippen LogP contribution in [0.1, 0.15) is 47.0 Å². The number of likely N-dealkylation sites (tertiary alicyclic amines) is 1. The molecular formula is C17H35N3. The van der Waals surface area contributed by atoms with Crippen LogP contribution in [0.2, 0.25) is 0 Å². The topological polar surface area (TPSA) is 18.5 Å². The normalized spacial score (nSPS) is 32.1. The Kier molecular flexibility index (Phi) is 5.49. The van der Waals surface area contributed by atoms with Crippen LogP contribution in [0.3, 0.4) is 0 Å². The fraction of sp³-hybridized carbons (Fsp3) is 1.00. The Balaban J connectivity index is 2.03. The molecule has 2 aliphatic heterocycles. The number of hydrogen-bond acceptors (Lipinski definition) is 3. The molecule has 1 N–H and O–H groups in total. The highest BCUT2D eigenvalue weighted by atomic mass is 15.3. The molecule has 0 bridgehead atoms. The zero-order valence-electron chi connectivity index (χ0n) is 14.3. The maximum atomic E-state index is 3.87. The van der Waals surface area contributed by atoms with Crippen molar-refractivity contribution >= 4 is 0 Å². The van der Waals surface area contributed by atoms with E-state index in [1.807, 2.05) is 0 Å². The van der Waals surface area contributed by atoms with Gasteiger partial charge in [-0.05, 0) is 44.7 Å². The largest absolute Gasteiger partial charge is 0.308 e. The van der Waals surface area contributed by atoms with E-state index in [1.165, 1.54) is 52.0 Å². The van der Waals surface area contributed by atoms with Crippen LogP contribution in [-0.2, 0) is 0 Å². The van der Waals surface area contributed by atoms with Crippen LogP contribution in [0.4, 0.5) is 0 Å². The first-order valence-corrected chi connectivity index (χ1v) is 8.67. The summed E-state index contributed by atoms with van der Waals surface area (Å²) in [5.74, 6) is 1.62. The highest BCUT2D eigenvalue weighted by Gasteiger charge is 2.38. The fourth-order valence-corrected chi connectivity index (χ4v) is 4.10. The summed E-state index contributed by atoms with van der Waals surface area (Å²) in [4.78, 5) is 5.31. The Morgan fingerprint density at radius 2 is 1.95 bits per heavy atom. The van der Waals surface area contributed by atoms with E-state index in [4.69, 9.17) is 0 Å². The van der Waals surface area contributed by atoms with Gasteiger partial charge in [-0.3, -0.25) is 4.90 Å². The SMILES string of the molecule is CCC1(CC)CN(CC2CCN(C)C2)C(C(C)C)CN1. The lowest BCUT2D eigenvalue weighted by Gasteiger charge is -2.49. The third-order valence-electron chi connectivity index (χ3n) is 5.77. The van der Waals surface area contributed by atoms with Crippen molar-refractivity contribution in [3.05, 3.63) is 0 Å². The molecule has 20 heavy (non-hydrogen) atoms. The van der Waals surface area contributed by atoms with Crippen molar-refractivity contribution in [1.82, 2.24) is 15.1 Å². The summed E-state index contributed by atoms with van der Waals surface area (Å²) in [5.41, 5.74) is 0.357. The number of nitrogens with zero attached hydrogens (tertiary/aromatic N) is 2. The van der Waals surface area contributed by atoms with Gasteiger partial charge in [0, 0.05) is 37.8 Å². The van der Waals surface area contributed by atoms with Gasteiger partial charge < -0.3 is 10.2 Å². The molecule has 3 nitrogen and oxygen atoms in total. The Bertz CT molecular complexity index is 299. The average Bonchev–Trinajstić information content (AvgIpc) is 2.83. The highest BCUT2D eigenvalue weighted by molar-refractivity contribution is 4.98. The first-order chi connectivity index (χ1) is 9.49. The summed E-state index contributed by atoms with van der Waals surface area (Å²) < 4.78 is 0. The predicted octanol–water partition coefficient (Wildman–Crippen LogP) is 2.43. The van der Waals surface area contributed by atoms with Gasteiger partial charge in [-0.15, -0.1) is 0 Å². The Morgan fingerprint density at radius 1 is 1.25 bits per heavy atom. The molecule has 2 rings (SSSR count). The Labute approximate surface area is 126 Å². The molecule has 3 heteroatoms. The van der Waals surface area contributed by atoms with Gasteiger partial charge in [0.2, 0.25) is 0 Å². The van der Waals surface area contributed by atoms with Gasteiger partial charge in [-0.25, -0.2) is 0 Å². The van der Waals surface area contributed by atoms with Gasteiger partial charge in [-0.2, -0.15) is 0 Å². The minimum atomic E-state index is 0.357. The van der Waals surface area contributed by atoms with E-state index in [2.05, 4.69) is 49.9 Å². The van der Waals surface area contributed by atoms with E-state index in [-0.39, 0.29) is 0 Å². The zero-order valence-corrected chi connectivity index (χ0v) is 14.3. The molecule has 0 radical (unpaired) electrons. The quantitative estimate of drug-likeness (QED) is 0.835. The van der Waals surface area contributed by atoms with Crippen molar-refractivity contribution < 1.29 is 0 Å². The second-order valence-electron chi connectivity index (χ2n) is 7.53. The lowest BCUT2D eigenvalue weighted by atomic mass is 9.85. The lowest BCUT2D eigenvalue weighted by Crippen LogP contribution is -2.65. The number of nitrogens with one attached hydrogen (secondary N) is 1. The zero-order chi connectivity index (χ0) is 14.8. The van der Waals surface area contributed by atoms with Gasteiger partial charge >= 0.3 is 0 Å². The predicted molar refractivity (Wildman–Crippen MR) is 87.1 cm³/mol. The molecule has 0 aromatic heterocycles. The molecule has 0 amide bonds. The van der Waals surface area contributed by atoms with E-state index in [1.54, 1.807) is 0 Å². The van der Waals surface area contributed by atoms with E-state index >= 15 is 0 Å². The fourth-order valence-electron chi connectivity index (χ4n) is 4.10. The lowest BCUT2D eigenvalue weighted by molar-refractivity contribution is 0.0393. The molecule has 0 aromatic carbocycles. The molecule has 2 aliphatic rings. The molecule has 2 unspecified atom stereocenters. The number of hydrogen-bond donors (Lipinski definition) is 1. The van der Waals surface area contributed by atoms with Gasteiger partial charge in [0.25, 0.3) is 0 Å². The molecule has 2 atom stereocenters. The molecule has 118 valence electrons. The second kappa shape index (κ2) is 6.76. The molecule has 0 aliphatic carbocycles. The van der Waals surface area contributed by atoms with Crippen LogP contribution in [0.5, 0.6) is 0 Å². The summed E-state index contributed by atoms with van der Waals surface area (Å²) in [7, 11) is 2.26. The van der Waals surface area contributed by atoms with Gasteiger partial charge in [0.15, 0.2) is 0 Å². The van der Waals surface area contributed by atoms with E-state index in [0.29, 0.717) is 11.6 Å².